The molecule has 1 aliphatic heterocycles. The highest BCUT2D eigenvalue weighted by Gasteiger charge is 2.16. The first-order valence-corrected chi connectivity index (χ1v) is 5.58. The number of carboxylic acid groups (broad SMARTS) is 1. The summed E-state index contributed by atoms with van der Waals surface area (Å²) in [7, 11) is 0. The molecule has 98 valence electrons. The lowest BCUT2D eigenvalue weighted by Crippen LogP contribution is -1.99. The van der Waals surface area contributed by atoms with E-state index in [4.69, 9.17) is 14.3 Å². The van der Waals surface area contributed by atoms with Crippen molar-refractivity contribution in [1.82, 2.24) is 0 Å². The van der Waals surface area contributed by atoms with Crippen molar-refractivity contribution in [2.45, 2.75) is 13.8 Å². The van der Waals surface area contributed by atoms with E-state index in [-0.39, 0.29) is 0 Å². The number of carbonyl (C=O) groups is 2. The first kappa shape index (κ1) is 12.9. The van der Waals surface area contributed by atoms with Gasteiger partial charge in [-0.3, -0.25) is 4.79 Å². The van der Waals surface area contributed by atoms with Crippen molar-refractivity contribution < 1.29 is 23.8 Å². The van der Waals surface area contributed by atoms with E-state index < -0.39 is 11.9 Å². The lowest BCUT2D eigenvalue weighted by atomic mass is 10.1. The molecule has 1 N–H and O–H groups in total. The lowest BCUT2D eigenvalue weighted by Gasteiger charge is -2.05. The fourth-order valence-electron chi connectivity index (χ4n) is 1.79. The number of carboxylic acids is 1. The Bertz CT molecular complexity index is 636. The minimum absolute atomic E-state index is 0.404. The Balaban J connectivity index is 2.50. The number of esters is 1. The zero-order chi connectivity index (χ0) is 14.0. The van der Waals surface area contributed by atoms with E-state index in [0.717, 1.165) is 17.2 Å². The maximum absolute atomic E-state index is 10.9. The summed E-state index contributed by atoms with van der Waals surface area (Å²) in [6.45, 7) is 3.17. The summed E-state index contributed by atoms with van der Waals surface area (Å²) in [4.78, 5) is 21.5. The molecule has 0 aromatic carbocycles. The SMILES string of the molecule is CC(=O)Oc1cc2c(C)coc(C=CC(=O)O)c-2c1. The quantitative estimate of drug-likeness (QED) is 0.678. The van der Waals surface area contributed by atoms with Gasteiger partial charge in [-0.2, -0.15) is 0 Å². The van der Waals surface area contributed by atoms with Crippen molar-refractivity contribution in [1.29, 1.82) is 0 Å². The van der Waals surface area contributed by atoms with Gasteiger partial charge < -0.3 is 14.3 Å². The van der Waals surface area contributed by atoms with E-state index >= 15 is 0 Å². The van der Waals surface area contributed by atoms with Crippen LogP contribution in [0.5, 0.6) is 5.75 Å². The van der Waals surface area contributed by atoms with Crippen LogP contribution in [0.4, 0.5) is 0 Å². The van der Waals surface area contributed by atoms with Gasteiger partial charge in [-0.05, 0) is 36.3 Å². The van der Waals surface area contributed by atoms with Crippen molar-refractivity contribution >= 4 is 18.0 Å². The molecule has 0 aromatic heterocycles. The van der Waals surface area contributed by atoms with Crippen molar-refractivity contribution in [2.75, 3.05) is 0 Å². The fourth-order valence-corrected chi connectivity index (χ4v) is 1.79. The Hall–Kier alpha value is -2.56. The van der Waals surface area contributed by atoms with Gasteiger partial charge in [-0.15, -0.1) is 0 Å². The van der Waals surface area contributed by atoms with Crippen LogP contribution in [0.2, 0.25) is 0 Å². The molecule has 2 aliphatic rings. The Morgan fingerprint density at radius 3 is 2.63 bits per heavy atom. The highest BCUT2D eigenvalue weighted by atomic mass is 16.5. The highest BCUT2D eigenvalue weighted by molar-refractivity contribution is 5.88. The van der Waals surface area contributed by atoms with Crippen molar-refractivity contribution in [3.05, 3.63) is 35.8 Å². The van der Waals surface area contributed by atoms with Gasteiger partial charge in [-0.25, -0.2) is 4.79 Å². The zero-order valence-corrected chi connectivity index (χ0v) is 10.5. The molecule has 0 fully saturated rings. The maximum Gasteiger partial charge on any atom is 0.328 e. The molecule has 0 atom stereocenters. The van der Waals surface area contributed by atoms with Gasteiger partial charge in [0.15, 0.2) is 0 Å². The number of fused-ring (bicyclic) bond motifs is 1. The van der Waals surface area contributed by atoms with E-state index in [1.54, 1.807) is 12.1 Å². The molecule has 0 spiro atoms. The van der Waals surface area contributed by atoms with Gasteiger partial charge in [0, 0.05) is 18.6 Å². The molecule has 0 saturated heterocycles. The van der Waals surface area contributed by atoms with Crippen LogP contribution in [0, 0.1) is 6.92 Å². The molecule has 0 aromatic rings. The number of hydrogen-bond donors (Lipinski definition) is 1. The molecule has 0 unspecified atom stereocenters. The smallest absolute Gasteiger partial charge is 0.328 e. The van der Waals surface area contributed by atoms with Crippen molar-refractivity contribution in [2.24, 2.45) is 0 Å². The second-order valence-corrected chi connectivity index (χ2v) is 4.07. The average Bonchev–Trinajstić information content (AvgIpc) is 2.71. The van der Waals surface area contributed by atoms with Crippen LogP contribution in [0.1, 0.15) is 18.2 Å². The van der Waals surface area contributed by atoms with Crippen molar-refractivity contribution in [3.63, 3.8) is 0 Å². The fraction of sp³-hybridized carbons (Fsp3) is 0.143. The topological polar surface area (TPSA) is 76.7 Å². The van der Waals surface area contributed by atoms with Crippen LogP contribution in [-0.2, 0) is 9.59 Å². The Morgan fingerprint density at radius 1 is 1.32 bits per heavy atom. The second-order valence-electron chi connectivity index (χ2n) is 4.07. The molecule has 0 bridgehead atoms. The van der Waals surface area contributed by atoms with Crippen LogP contribution in [0.3, 0.4) is 0 Å². The van der Waals surface area contributed by atoms with E-state index in [9.17, 15) is 9.59 Å². The molecule has 0 radical (unpaired) electrons. The minimum Gasteiger partial charge on any atom is -0.478 e. The molecule has 5 heteroatoms. The van der Waals surface area contributed by atoms with Crippen LogP contribution in [0.25, 0.3) is 17.2 Å². The maximum atomic E-state index is 10.9. The molecular weight excluding hydrogens is 248 g/mol. The van der Waals surface area contributed by atoms with E-state index in [1.807, 2.05) is 6.92 Å². The molecule has 2 rings (SSSR count). The minimum atomic E-state index is -1.06. The molecule has 1 aliphatic carbocycles. The highest BCUT2D eigenvalue weighted by Crippen LogP contribution is 2.36. The number of rotatable bonds is 3. The van der Waals surface area contributed by atoms with Crippen molar-refractivity contribution in [3.8, 4) is 16.9 Å². The van der Waals surface area contributed by atoms with Crippen LogP contribution >= 0.6 is 0 Å². The molecule has 19 heavy (non-hydrogen) atoms. The number of ether oxygens (including phenoxy) is 1. The molecule has 5 nitrogen and oxygen atoms in total. The summed E-state index contributed by atoms with van der Waals surface area (Å²) in [6, 6.07) is 3.37. The Morgan fingerprint density at radius 2 is 2.00 bits per heavy atom. The summed E-state index contributed by atoms with van der Waals surface area (Å²) < 4.78 is 10.4. The molecule has 0 saturated carbocycles. The van der Waals surface area contributed by atoms with Gasteiger partial charge in [0.2, 0.25) is 0 Å². The molecular formula is C14H12O5. The monoisotopic (exact) mass is 260 g/mol. The third-order valence-corrected chi connectivity index (χ3v) is 2.56. The standard InChI is InChI=1S/C14H12O5/c1-8-7-18-13(3-4-14(16)17)12-6-10(5-11(8)12)19-9(2)15/h3-7H,1-2H3,(H,16,17). The van der Waals surface area contributed by atoms with Gasteiger partial charge in [0.1, 0.15) is 11.5 Å². The second kappa shape index (κ2) is 4.97. The predicted molar refractivity (Wildman–Crippen MR) is 68.0 cm³/mol. The number of hydrogen-bond acceptors (Lipinski definition) is 4. The number of carbonyl (C=O) groups excluding carboxylic acids is 1. The first-order chi connectivity index (χ1) is 8.97. The third-order valence-electron chi connectivity index (χ3n) is 2.56. The number of aliphatic carboxylic acids is 1. The molecule has 0 amide bonds. The Kier molecular flexibility index (Phi) is 3.37. The lowest BCUT2D eigenvalue weighted by molar-refractivity contribution is -0.132. The van der Waals surface area contributed by atoms with Gasteiger partial charge in [-0.1, -0.05) is 0 Å². The van der Waals surface area contributed by atoms with Crippen LogP contribution < -0.4 is 4.74 Å². The summed E-state index contributed by atoms with van der Waals surface area (Å²) in [5, 5.41) is 8.63. The first-order valence-electron chi connectivity index (χ1n) is 5.58. The van der Waals surface area contributed by atoms with E-state index in [1.165, 1.54) is 19.3 Å². The van der Waals surface area contributed by atoms with Crippen LogP contribution in [0.15, 0.2) is 28.9 Å². The normalized spacial score (nSPS) is 11.1. The third kappa shape index (κ3) is 2.82. The largest absolute Gasteiger partial charge is 0.478 e. The average molecular weight is 260 g/mol. The van der Waals surface area contributed by atoms with Gasteiger partial charge in [0.25, 0.3) is 0 Å². The van der Waals surface area contributed by atoms with Crippen LogP contribution in [-0.4, -0.2) is 17.0 Å². The van der Waals surface area contributed by atoms with E-state index in [2.05, 4.69) is 0 Å². The predicted octanol–water partition coefficient (Wildman–Crippen LogP) is 2.72. The van der Waals surface area contributed by atoms with Gasteiger partial charge >= 0.3 is 11.9 Å². The zero-order valence-electron chi connectivity index (χ0n) is 10.5. The number of aryl methyl sites for hydroxylation is 1. The summed E-state index contributed by atoms with van der Waals surface area (Å²) >= 11 is 0. The Labute approximate surface area is 109 Å². The van der Waals surface area contributed by atoms with E-state index in [0.29, 0.717) is 17.1 Å². The van der Waals surface area contributed by atoms with Gasteiger partial charge in [0.05, 0.1) is 6.26 Å². The summed E-state index contributed by atoms with van der Waals surface area (Å²) in [6.07, 6.45) is 3.88. The molecule has 1 heterocycles. The summed E-state index contributed by atoms with van der Waals surface area (Å²) in [5.74, 6) is -0.651. The summed E-state index contributed by atoms with van der Waals surface area (Å²) in [5.41, 5.74) is 2.43.